The van der Waals surface area contributed by atoms with Crippen molar-refractivity contribution < 1.29 is 14.6 Å². The van der Waals surface area contributed by atoms with E-state index in [0.29, 0.717) is 26.2 Å². The van der Waals surface area contributed by atoms with E-state index < -0.39 is 0 Å². The van der Waals surface area contributed by atoms with Crippen LogP contribution >= 0.6 is 0 Å². The van der Waals surface area contributed by atoms with Crippen LogP contribution in [0.1, 0.15) is 11.5 Å². The van der Waals surface area contributed by atoms with Crippen LogP contribution < -0.4 is 5.73 Å². The molecule has 17 heavy (non-hydrogen) atoms. The van der Waals surface area contributed by atoms with Gasteiger partial charge in [-0.05, 0) is 11.6 Å². The number of hydrogen-bond donors (Lipinski definition) is 2. The summed E-state index contributed by atoms with van der Waals surface area (Å²) in [5.74, 6) is 0.150. The highest BCUT2D eigenvalue weighted by molar-refractivity contribution is 5.69. The molecule has 2 rings (SSSR count). The van der Waals surface area contributed by atoms with Gasteiger partial charge in [0.05, 0.1) is 6.54 Å². The standard InChI is InChI=1S/C12H16N2O3/c13-7-9(8-14-5-6-17-12(14)16)10-3-1-2-4-11(10)15/h1-4,9,15H,5-8,13H2. The van der Waals surface area contributed by atoms with Crippen molar-refractivity contribution in [1.29, 1.82) is 0 Å². The van der Waals surface area contributed by atoms with Gasteiger partial charge >= 0.3 is 6.09 Å². The summed E-state index contributed by atoms with van der Waals surface area (Å²) >= 11 is 0. The van der Waals surface area contributed by atoms with Crippen molar-refractivity contribution in [2.45, 2.75) is 5.92 Å². The van der Waals surface area contributed by atoms with E-state index in [-0.39, 0.29) is 17.8 Å². The minimum atomic E-state index is -0.307. The number of aromatic hydroxyl groups is 1. The predicted molar refractivity (Wildman–Crippen MR) is 62.8 cm³/mol. The van der Waals surface area contributed by atoms with E-state index in [0.717, 1.165) is 5.56 Å². The number of para-hydroxylation sites is 1. The Morgan fingerprint density at radius 1 is 1.47 bits per heavy atom. The van der Waals surface area contributed by atoms with Gasteiger partial charge in [0.2, 0.25) is 0 Å². The highest BCUT2D eigenvalue weighted by Crippen LogP contribution is 2.26. The van der Waals surface area contributed by atoms with Gasteiger partial charge in [0.25, 0.3) is 0 Å². The van der Waals surface area contributed by atoms with Crippen molar-refractivity contribution in [3.8, 4) is 5.75 Å². The number of ether oxygens (including phenoxy) is 1. The zero-order chi connectivity index (χ0) is 12.3. The normalized spacial score (nSPS) is 17.0. The van der Waals surface area contributed by atoms with E-state index >= 15 is 0 Å². The first kappa shape index (κ1) is 11.7. The Morgan fingerprint density at radius 3 is 2.82 bits per heavy atom. The number of hydrogen-bond acceptors (Lipinski definition) is 4. The van der Waals surface area contributed by atoms with E-state index in [9.17, 15) is 9.90 Å². The van der Waals surface area contributed by atoms with Crippen molar-refractivity contribution in [3.63, 3.8) is 0 Å². The summed E-state index contributed by atoms with van der Waals surface area (Å²) in [4.78, 5) is 13.0. The Labute approximate surface area is 99.8 Å². The molecule has 5 nitrogen and oxygen atoms in total. The molecule has 1 saturated heterocycles. The summed E-state index contributed by atoms with van der Waals surface area (Å²) in [7, 11) is 0. The number of cyclic esters (lactones) is 1. The number of phenolic OH excluding ortho intramolecular Hbond substituents is 1. The van der Waals surface area contributed by atoms with Crippen LogP contribution in [0.15, 0.2) is 24.3 Å². The maximum absolute atomic E-state index is 11.3. The van der Waals surface area contributed by atoms with Crippen molar-refractivity contribution in [1.82, 2.24) is 4.90 Å². The van der Waals surface area contributed by atoms with Crippen LogP contribution in [0.2, 0.25) is 0 Å². The highest BCUT2D eigenvalue weighted by atomic mass is 16.6. The second kappa shape index (κ2) is 5.05. The number of nitrogens with zero attached hydrogens (tertiary/aromatic N) is 1. The number of rotatable bonds is 4. The van der Waals surface area contributed by atoms with Crippen LogP contribution in [0.5, 0.6) is 5.75 Å². The fourth-order valence-corrected chi connectivity index (χ4v) is 1.99. The van der Waals surface area contributed by atoms with Crippen LogP contribution in [0.4, 0.5) is 4.79 Å². The smallest absolute Gasteiger partial charge is 0.409 e. The maximum Gasteiger partial charge on any atom is 0.409 e. The molecule has 0 spiro atoms. The lowest BCUT2D eigenvalue weighted by molar-refractivity contribution is 0.157. The second-order valence-corrected chi connectivity index (χ2v) is 4.05. The Kier molecular flexibility index (Phi) is 3.49. The lowest BCUT2D eigenvalue weighted by Gasteiger charge is -2.21. The van der Waals surface area contributed by atoms with E-state index in [2.05, 4.69) is 0 Å². The zero-order valence-electron chi connectivity index (χ0n) is 9.50. The molecular formula is C12H16N2O3. The Morgan fingerprint density at radius 2 is 2.24 bits per heavy atom. The van der Waals surface area contributed by atoms with Crippen LogP contribution in [-0.4, -0.2) is 42.3 Å². The van der Waals surface area contributed by atoms with Gasteiger partial charge in [-0.25, -0.2) is 4.79 Å². The third-order valence-electron chi connectivity index (χ3n) is 2.95. The molecule has 1 atom stereocenters. The van der Waals surface area contributed by atoms with Gasteiger partial charge in [-0.2, -0.15) is 0 Å². The lowest BCUT2D eigenvalue weighted by atomic mass is 9.98. The first-order valence-electron chi connectivity index (χ1n) is 5.62. The summed E-state index contributed by atoms with van der Waals surface area (Å²) in [5, 5.41) is 9.76. The maximum atomic E-state index is 11.3. The molecule has 1 aliphatic rings. The van der Waals surface area contributed by atoms with Crippen molar-refractivity contribution in [2.24, 2.45) is 5.73 Å². The fourth-order valence-electron chi connectivity index (χ4n) is 1.99. The quantitative estimate of drug-likeness (QED) is 0.814. The second-order valence-electron chi connectivity index (χ2n) is 4.05. The van der Waals surface area contributed by atoms with Crippen molar-refractivity contribution in [3.05, 3.63) is 29.8 Å². The molecule has 1 aliphatic heterocycles. The number of amides is 1. The van der Waals surface area contributed by atoms with E-state index in [1.54, 1.807) is 17.0 Å². The molecule has 92 valence electrons. The first-order chi connectivity index (χ1) is 8.22. The third-order valence-corrected chi connectivity index (χ3v) is 2.95. The summed E-state index contributed by atoms with van der Waals surface area (Å²) in [6.45, 7) is 1.87. The molecule has 1 heterocycles. The monoisotopic (exact) mass is 236 g/mol. The largest absolute Gasteiger partial charge is 0.508 e. The fraction of sp³-hybridized carbons (Fsp3) is 0.417. The van der Waals surface area contributed by atoms with E-state index in [1.165, 1.54) is 0 Å². The van der Waals surface area contributed by atoms with Crippen LogP contribution in [0.25, 0.3) is 0 Å². The lowest BCUT2D eigenvalue weighted by Crippen LogP contribution is -2.32. The predicted octanol–water partition coefficient (Wildman–Crippen LogP) is 0.887. The van der Waals surface area contributed by atoms with E-state index in [4.69, 9.17) is 10.5 Å². The minimum Gasteiger partial charge on any atom is -0.508 e. The van der Waals surface area contributed by atoms with Gasteiger partial charge in [-0.1, -0.05) is 18.2 Å². The molecule has 1 aromatic rings. The van der Waals surface area contributed by atoms with Crippen molar-refractivity contribution >= 4 is 6.09 Å². The Bertz CT molecular complexity index is 408. The van der Waals surface area contributed by atoms with Crippen LogP contribution in [-0.2, 0) is 4.74 Å². The molecule has 0 aliphatic carbocycles. The number of nitrogens with two attached hydrogens (primary N) is 1. The van der Waals surface area contributed by atoms with E-state index in [1.807, 2.05) is 12.1 Å². The first-order valence-corrected chi connectivity index (χ1v) is 5.62. The molecule has 1 amide bonds. The summed E-state index contributed by atoms with van der Waals surface area (Å²) in [6.07, 6.45) is -0.307. The Balaban J connectivity index is 2.11. The van der Waals surface area contributed by atoms with Gasteiger partial charge in [-0.15, -0.1) is 0 Å². The van der Waals surface area contributed by atoms with Gasteiger partial charge in [0.15, 0.2) is 0 Å². The summed E-state index contributed by atoms with van der Waals surface area (Å²) in [5.41, 5.74) is 6.48. The van der Waals surface area contributed by atoms with Gasteiger partial charge in [0.1, 0.15) is 12.4 Å². The van der Waals surface area contributed by atoms with Crippen LogP contribution in [0.3, 0.4) is 0 Å². The molecule has 1 aromatic carbocycles. The summed E-state index contributed by atoms with van der Waals surface area (Å²) in [6, 6.07) is 7.06. The minimum absolute atomic E-state index is 0.0677. The molecule has 5 heteroatoms. The summed E-state index contributed by atoms with van der Waals surface area (Å²) < 4.78 is 4.86. The van der Waals surface area contributed by atoms with Gasteiger partial charge < -0.3 is 20.5 Å². The highest BCUT2D eigenvalue weighted by Gasteiger charge is 2.26. The van der Waals surface area contributed by atoms with Gasteiger partial charge in [0, 0.05) is 19.0 Å². The number of benzene rings is 1. The average Bonchev–Trinajstić information content (AvgIpc) is 2.73. The SMILES string of the molecule is NCC(CN1CCOC1=O)c1ccccc1O. The molecule has 0 saturated carbocycles. The topological polar surface area (TPSA) is 75.8 Å². The molecule has 0 aromatic heterocycles. The number of phenols is 1. The van der Waals surface area contributed by atoms with Crippen LogP contribution in [0, 0.1) is 0 Å². The van der Waals surface area contributed by atoms with Crippen molar-refractivity contribution in [2.75, 3.05) is 26.2 Å². The Hall–Kier alpha value is -1.75. The molecule has 0 radical (unpaired) electrons. The number of carbonyl (C=O) groups is 1. The molecule has 1 fully saturated rings. The third kappa shape index (κ3) is 2.50. The molecular weight excluding hydrogens is 220 g/mol. The molecule has 0 bridgehead atoms. The average molecular weight is 236 g/mol. The molecule has 1 unspecified atom stereocenters. The molecule has 3 N–H and O–H groups in total. The van der Waals surface area contributed by atoms with Gasteiger partial charge in [-0.3, -0.25) is 0 Å². The number of carbonyl (C=O) groups excluding carboxylic acids is 1. The zero-order valence-corrected chi connectivity index (χ0v) is 9.50.